The summed E-state index contributed by atoms with van der Waals surface area (Å²) < 4.78 is 27.3. The van der Waals surface area contributed by atoms with Crippen LogP contribution in [0.1, 0.15) is 25.5 Å². The second-order valence-corrected chi connectivity index (χ2v) is 4.99. The highest BCUT2D eigenvalue weighted by Gasteiger charge is 2.23. The molecule has 0 saturated carbocycles. The molecule has 0 atom stereocenters. The summed E-state index contributed by atoms with van der Waals surface area (Å²) in [6.07, 6.45) is 1.19. The molecular weight excluding hydrogens is 304 g/mol. The molecule has 0 saturated heterocycles. The van der Waals surface area contributed by atoms with Crippen LogP contribution in [0.4, 0.5) is 14.5 Å². The molecule has 0 radical (unpaired) electrons. The first-order valence-electron chi connectivity index (χ1n) is 5.97. The highest BCUT2D eigenvalue weighted by molar-refractivity contribution is 6.33. The number of aromatic nitrogens is 2. The van der Waals surface area contributed by atoms with Crippen LogP contribution in [-0.4, -0.2) is 14.9 Å². The first-order chi connectivity index (χ1) is 9.82. The highest BCUT2D eigenvalue weighted by atomic mass is 35.5. The molecule has 0 unspecified atom stereocenters. The maximum Gasteiger partial charge on any atom is 0.305 e. The van der Waals surface area contributed by atoms with E-state index in [1.54, 1.807) is 0 Å². The van der Waals surface area contributed by atoms with E-state index < -0.39 is 22.2 Å². The van der Waals surface area contributed by atoms with E-state index in [9.17, 15) is 18.9 Å². The number of rotatable bonds is 3. The minimum Gasteiger partial charge on any atom is -0.258 e. The summed E-state index contributed by atoms with van der Waals surface area (Å²) in [4.78, 5) is 17.7. The predicted octanol–water partition coefficient (Wildman–Crippen LogP) is 4.11. The zero-order valence-electron chi connectivity index (χ0n) is 11.1. The molecule has 0 N–H and O–H groups in total. The van der Waals surface area contributed by atoms with E-state index in [1.165, 1.54) is 6.33 Å². The number of halogens is 3. The lowest BCUT2D eigenvalue weighted by Crippen LogP contribution is -2.01. The summed E-state index contributed by atoms with van der Waals surface area (Å²) in [5.74, 6) is -2.28. The smallest absolute Gasteiger partial charge is 0.258 e. The van der Waals surface area contributed by atoms with E-state index in [4.69, 9.17) is 11.6 Å². The van der Waals surface area contributed by atoms with E-state index in [-0.39, 0.29) is 22.2 Å². The van der Waals surface area contributed by atoms with E-state index in [2.05, 4.69) is 9.97 Å². The van der Waals surface area contributed by atoms with Crippen LogP contribution in [0.15, 0.2) is 18.5 Å². The molecule has 1 aromatic heterocycles. The number of benzene rings is 1. The van der Waals surface area contributed by atoms with Gasteiger partial charge in [-0.1, -0.05) is 25.4 Å². The maximum absolute atomic E-state index is 13.9. The molecule has 0 aliphatic carbocycles. The van der Waals surface area contributed by atoms with Gasteiger partial charge in [0, 0.05) is 17.7 Å². The third kappa shape index (κ3) is 2.82. The van der Waals surface area contributed by atoms with Crippen LogP contribution < -0.4 is 0 Å². The monoisotopic (exact) mass is 313 g/mol. The van der Waals surface area contributed by atoms with Crippen LogP contribution in [0.25, 0.3) is 11.3 Å². The van der Waals surface area contributed by atoms with Crippen LogP contribution in [-0.2, 0) is 0 Å². The van der Waals surface area contributed by atoms with Gasteiger partial charge in [0.1, 0.15) is 12.1 Å². The van der Waals surface area contributed by atoms with Crippen LogP contribution in [0.2, 0.25) is 5.02 Å². The molecule has 5 nitrogen and oxygen atoms in total. The molecule has 0 spiro atoms. The topological polar surface area (TPSA) is 68.9 Å². The molecule has 8 heteroatoms. The van der Waals surface area contributed by atoms with Crippen LogP contribution in [0, 0.1) is 21.7 Å². The van der Waals surface area contributed by atoms with Crippen LogP contribution in [0.5, 0.6) is 0 Å². The molecular formula is C13H10ClF2N3O2. The maximum atomic E-state index is 13.9. The Bertz CT molecular complexity index is 723. The predicted molar refractivity (Wildman–Crippen MR) is 73.1 cm³/mol. The van der Waals surface area contributed by atoms with Gasteiger partial charge in [-0.15, -0.1) is 0 Å². The fourth-order valence-corrected chi connectivity index (χ4v) is 2.25. The minimum absolute atomic E-state index is 0.00373. The molecule has 110 valence electrons. The first-order valence-corrected chi connectivity index (χ1v) is 6.35. The molecule has 0 bridgehead atoms. The second-order valence-electron chi connectivity index (χ2n) is 4.62. The number of hydrogen-bond donors (Lipinski definition) is 0. The number of hydrogen-bond acceptors (Lipinski definition) is 4. The van der Waals surface area contributed by atoms with Crippen molar-refractivity contribution in [3.8, 4) is 11.3 Å². The SMILES string of the molecule is CC(C)c1ncnc(-c2cc([N+](=O)[O-])c(F)cc2F)c1Cl. The van der Waals surface area contributed by atoms with Gasteiger partial charge in [-0.3, -0.25) is 10.1 Å². The fourth-order valence-electron chi connectivity index (χ4n) is 1.83. The van der Waals surface area contributed by atoms with E-state index in [0.717, 1.165) is 6.07 Å². The summed E-state index contributed by atoms with van der Waals surface area (Å²) in [6, 6.07) is 1.23. The summed E-state index contributed by atoms with van der Waals surface area (Å²) in [7, 11) is 0. The van der Waals surface area contributed by atoms with Crippen LogP contribution in [0.3, 0.4) is 0 Å². The van der Waals surface area contributed by atoms with Gasteiger partial charge in [-0.2, -0.15) is 4.39 Å². The van der Waals surface area contributed by atoms with Crippen molar-refractivity contribution < 1.29 is 13.7 Å². The highest BCUT2D eigenvalue weighted by Crippen LogP contribution is 2.35. The van der Waals surface area contributed by atoms with Crippen molar-refractivity contribution in [1.82, 2.24) is 9.97 Å². The molecule has 0 aliphatic rings. The quantitative estimate of drug-likeness (QED) is 0.631. The van der Waals surface area contributed by atoms with Crippen molar-refractivity contribution in [3.05, 3.63) is 50.9 Å². The summed E-state index contributed by atoms with van der Waals surface area (Å²) in [5.41, 5.74) is -0.603. The molecule has 2 rings (SSSR count). The Morgan fingerprint density at radius 2 is 1.90 bits per heavy atom. The lowest BCUT2D eigenvalue weighted by molar-refractivity contribution is -0.387. The van der Waals surface area contributed by atoms with Crippen molar-refractivity contribution in [2.45, 2.75) is 19.8 Å². The Hall–Kier alpha value is -2.15. The molecule has 0 amide bonds. The van der Waals surface area contributed by atoms with Gasteiger partial charge in [0.25, 0.3) is 0 Å². The standard InChI is InChI=1S/C13H10ClF2N3O2/c1-6(2)12-11(14)13(18-5-17-12)7-3-10(19(20)21)9(16)4-8(7)15/h3-6H,1-2H3. The number of nitro groups is 1. The Balaban J connectivity index is 2.70. The molecule has 1 aromatic carbocycles. The third-order valence-electron chi connectivity index (χ3n) is 2.85. The molecule has 2 aromatic rings. The summed E-state index contributed by atoms with van der Waals surface area (Å²) >= 11 is 6.13. The Morgan fingerprint density at radius 3 is 2.48 bits per heavy atom. The lowest BCUT2D eigenvalue weighted by Gasteiger charge is -2.11. The normalized spacial score (nSPS) is 11.0. The molecule has 0 aliphatic heterocycles. The molecule has 0 fully saturated rings. The van der Waals surface area contributed by atoms with Crippen molar-refractivity contribution in [1.29, 1.82) is 0 Å². The van der Waals surface area contributed by atoms with Gasteiger partial charge in [0.15, 0.2) is 0 Å². The van der Waals surface area contributed by atoms with Gasteiger partial charge in [0.2, 0.25) is 5.82 Å². The zero-order chi connectivity index (χ0) is 15.7. The average molecular weight is 314 g/mol. The van der Waals surface area contributed by atoms with E-state index >= 15 is 0 Å². The lowest BCUT2D eigenvalue weighted by atomic mass is 10.1. The first kappa shape index (κ1) is 15.2. The average Bonchev–Trinajstić information content (AvgIpc) is 2.39. The Kier molecular flexibility index (Phi) is 4.13. The van der Waals surface area contributed by atoms with Gasteiger partial charge < -0.3 is 0 Å². The van der Waals surface area contributed by atoms with Crippen molar-refractivity contribution in [2.75, 3.05) is 0 Å². The van der Waals surface area contributed by atoms with E-state index in [0.29, 0.717) is 11.8 Å². The van der Waals surface area contributed by atoms with Gasteiger partial charge >= 0.3 is 5.69 Å². The molecule has 21 heavy (non-hydrogen) atoms. The second kappa shape index (κ2) is 5.69. The van der Waals surface area contributed by atoms with Gasteiger partial charge in [0.05, 0.1) is 21.3 Å². The summed E-state index contributed by atoms with van der Waals surface area (Å²) in [5, 5.41) is 10.8. The third-order valence-corrected chi connectivity index (χ3v) is 3.22. The largest absolute Gasteiger partial charge is 0.305 e. The van der Waals surface area contributed by atoms with Crippen molar-refractivity contribution in [2.24, 2.45) is 0 Å². The summed E-state index contributed by atoms with van der Waals surface area (Å²) in [6.45, 7) is 3.67. The molecule has 1 heterocycles. The van der Waals surface area contributed by atoms with E-state index in [1.807, 2.05) is 13.8 Å². The van der Waals surface area contributed by atoms with Gasteiger partial charge in [-0.25, -0.2) is 14.4 Å². The van der Waals surface area contributed by atoms with Crippen LogP contribution >= 0.6 is 11.6 Å². The Labute approximate surface area is 123 Å². The van der Waals surface area contributed by atoms with Crippen molar-refractivity contribution in [3.63, 3.8) is 0 Å². The minimum atomic E-state index is -1.25. The Morgan fingerprint density at radius 1 is 1.24 bits per heavy atom. The fraction of sp³-hybridized carbons (Fsp3) is 0.231. The number of nitro benzene ring substituents is 1. The van der Waals surface area contributed by atoms with Crippen molar-refractivity contribution >= 4 is 17.3 Å². The number of nitrogens with zero attached hydrogens (tertiary/aromatic N) is 3. The van der Waals surface area contributed by atoms with Gasteiger partial charge in [-0.05, 0) is 5.92 Å². The zero-order valence-corrected chi connectivity index (χ0v) is 11.9.